The Labute approximate surface area is 203 Å². The molecule has 3 aromatic carbocycles. The first-order valence-corrected chi connectivity index (χ1v) is 11.2. The molecule has 0 spiro atoms. The number of nitrogens with one attached hydrogen (secondary N) is 1. The molecular formula is C28H25N3O4. The van der Waals surface area contributed by atoms with Gasteiger partial charge in [-0.15, -0.1) is 0 Å². The Balaban J connectivity index is 1.78. The Morgan fingerprint density at radius 1 is 0.857 bits per heavy atom. The summed E-state index contributed by atoms with van der Waals surface area (Å²) >= 11 is 0. The summed E-state index contributed by atoms with van der Waals surface area (Å²) in [6.07, 6.45) is -0.236. The third-order valence-electron chi connectivity index (χ3n) is 5.30. The largest absolute Gasteiger partial charge is 0.459 e. The third kappa shape index (κ3) is 5.19. The predicted octanol–water partition coefficient (Wildman–Crippen LogP) is 4.93. The predicted molar refractivity (Wildman–Crippen MR) is 135 cm³/mol. The van der Waals surface area contributed by atoms with Crippen LogP contribution in [0.5, 0.6) is 0 Å². The van der Waals surface area contributed by atoms with Crippen LogP contribution < -0.4 is 10.9 Å². The van der Waals surface area contributed by atoms with E-state index in [1.165, 1.54) is 11.7 Å². The Hall–Kier alpha value is -4.52. The van der Waals surface area contributed by atoms with Gasteiger partial charge in [0.25, 0.3) is 11.5 Å². The second-order valence-corrected chi connectivity index (χ2v) is 8.24. The van der Waals surface area contributed by atoms with Crippen LogP contribution in [0.1, 0.15) is 34.6 Å². The number of carbonyl (C=O) groups excluding carboxylic acids is 2. The van der Waals surface area contributed by atoms with Gasteiger partial charge in [-0.1, -0.05) is 60.7 Å². The van der Waals surface area contributed by atoms with Crippen molar-refractivity contribution in [2.75, 3.05) is 5.32 Å². The van der Waals surface area contributed by atoms with Crippen molar-refractivity contribution in [2.45, 2.75) is 20.0 Å². The third-order valence-corrected chi connectivity index (χ3v) is 5.30. The lowest BCUT2D eigenvalue weighted by Gasteiger charge is -2.16. The standard InChI is InChI=1S/C28H25N3O4/c1-18(2)35-28(34)21-14-16-22(17-15-21)29-26(32)24-23(19-10-6-4-7-11-19)25(30-31(3)27(24)33)20-12-8-5-9-13-20/h4-18H,1-3H3,(H,29,32). The van der Waals surface area contributed by atoms with Gasteiger partial charge in [-0.25, -0.2) is 9.48 Å². The second kappa shape index (κ2) is 10.2. The molecule has 1 heterocycles. The highest BCUT2D eigenvalue weighted by atomic mass is 16.5. The fourth-order valence-electron chi connectivity index (χ4n) is 3.69. The summed E-state index contributed by atoms with van der Waals surface area (Å²) < 4.78 is 6.37. The molecule has 1 amide bonds. The zero-order valence-electron chi connectivity index (χ0n) is 19.7. The van der Waals surface area contributed by atoms with Gasteiger partial charge in [-0.3, -0.25) is 9.59 Å². The van der Waals surface area contributed by atoms with Gasteiger partial charge in [0, 0.05) is 23.9 Å². The summed E-state index contributed by atoms with van der Waals surface area (Å²) in [4.78, 5) is 38.8. The quantitative estimate of drug-likeness (QED) is 0.406. The molecule has 1 N–H and O–H groups in total. The number of aromatic nitrogens is 2. The minimum Gasteiger partial charge on any atom is -0.459 e. The second-order valence-electron chi connectivity index (χ2n) is 8.24. The Morgan fingerprint density at radius 2 is 1.43 bits per heavy atom. The number of hydrogen-bond donors (Lipinski definition) is 1. The number of carbonyl (C=O) groups is 2. The number of amides is 1. The van der Waals surface area contributed by atoms with Crippen LogP contribution in [0.25, 0.3) is 22.4 Å². The number of esters is 1. The fraction of sp³-hybridized carbons (Fsp3) is 0.143. The van der Waals surface area contributed by atoms with Gasteiger partial charge in [0.15, 0.2) is 0 Å². The van der Waals surface area contributed by atoms with E-state index in [-0.39, 0.29) is 11.7 Å². The smallest absolute Gasteiger partial charge is 0.338 e. The minimum absolute atomic E-state index is 0.0177. The fourth-order valence-corrected chi connectivity index (χ4v) is 3.69. The van der Waals surface area contributed by atoms with E-state index in [1.807, 2.05) is 60.7 Å². The van der Waals surface area contributed by atoms with E-state index in [2.05, 4.69) is 10.4 Å². The highest BCUT2D eigenvalue weighted by molar-refractivity contribution is 6.10. The normalized spacial score (nSPS) is 10.7. The molecule has 7 heteroatoms. The number of aryl methyl sites for hydroxylation is 1. The SMILES string of the molecule is CC(C)OC(=O)c1ccc(NC(=O)c2c(-c3ccccc3)c(-c3ccccc3)nn(C)c2=O)cc1. The number of rotatable bonds is 6. The van der Waals surface area contributed by atoms with Gasteiger partial charge >= 0.3 is 5.97 Å². The van der Waals surface area contributed by atoms with E-state index in [0.29, 0.717) is 28.1 Å². The average Bonchev–Trinajstić information content (AvgIpc) is 2.86. The van der Waals surface area contributed by atoms with E-state index < -0.39 is 17.4 Å². The molecule has 0 bridgehead atoms. The summed E-state index contributed by atoms with van der Waals surface area (Å²) in [6, 6.07) is 25.0. The van der Waals surface area contributed by atoms with Crippen LogP contribution in [0, 0.1) is 0 Å². The Kier molecular flexibility index (Phi) is 6.87. The van der Waals surface area contributed by atoms with Gasteiger partial charge < -0.3 is 10.1 Å². The van der Waals surface area contributed by atoms with Crippen molar-refractivity contribution in [1.82, 2.24) is 9.78 Å². The number of ether oxygens (including phenoxy) is 1. The van der Waals surface area contributed by atoms with Crippen LogP contribution in [0.4, 0.5) is 5.69 Å². The summed E-state index contributed by atoms with van der Waals surface area (Å²) in [6.45, 7) is 3.55. The number of hydrogen-bond acceptors (Lipinski definition) is 5. The van der Waals surface area contributed by atoms with Crippen LogP contribution in [0.2, 0.25) is 0 Å². The molecule has 7 nitrogen and oxygen atoms in total. The molecule has 4 rings (SSSR count). The van der Waals surface area contributed by atoms with Crippen LogP contribution >= 0.6 is 0 Å². The molecule has 176 valence electrons. The van der Waals surface area contributed by atoms with Crippen molar-refractivity contribution in [2.24, 2.45) is 7.05 Å². The molecule has 0 saturated carbocycles. The van der Waals surface area contributed by atoms with Crippen LogP contribution in [-0.2, 0) is 11.8 Å². The van der Waals surface area contributed by atoms with Crippen molar-refractivity contribution in [3.63, 3.8) is 0 Å². The maximum Gasteiger partial charge on any atom is 0.338 e. The maximum absolute atomic E-state index is 13.5. The molecule has 1 aromatic heterocycles. The lowest BCUT2D eigenvalue weighted by molar-refractivity contribution is 0.0378. The number of benzene rings is 3. The van der Waals surface area contributed by atoms with Gasteiger partial charge in [0.05, 0.1) is 17.4 Å². The van der Waals surface area contributed by atoms with Gasteiger partial charge in [0.2, 0.25) is 0 Å². The summed E-state index contributed by atoms with van der Waals surface area (Å²) in [5, 5.41) is 7.29. The molecule has 4 aromatic rings. The van der Waals surface area contributed by atoms with Crippen molar-refractivity contribution in [3.8, 4) is 22.4 Å². The molecule has 0 aliphatic carbocycles. The molecule has 0 fully saturated rings. The topological polar surface area (TPSA) is 90.3 Å². The Bertz CT molecular complexity index is 1410. The van der Waals surface area contributed by atoms with Crippen molar-refractivity contribution < 1.29 is 14.3 Å². The van der Waals surface area contributed by atoms with Crippen LogP contribution in [0.15, 0.2) is 89.7 Å². The highest BCUT2D eigenvalue weighted by Crippen LogP contribution is 2.32. The van der Waals surface area contributed by atoms with E-state index in [4.69, 9.17) is 4.74 Å². The van der Waals surface area contributed by atoms with Gasteiger partial charge in [0.1, 0.15) is 5.56 Å². The monoisotopic (exact) mass is 467 g/mol. The highest BCUT2D eigenvalue weighted by Gasteiger charge is 2.24. The first-order valence-electron chi connectivity index (χ1n) is 11.2. The minimum atomic E-state index is -0.568. The summed E-state index contributed by atoms with van der Waals surface area (Å²) in [5.74, 6) is -1.01. The van der Waals surface area contributed by atoms with Gasteiger partial charge in [-0.05, 0) is 43.7 Å². The first-order chi connectivity index (χ1) is 16.8. The molecule has 0 aliphatic rings. The lowest BCUT2D eigenvalue weighted by atomic mass is 9.95. The molecule has 35 heavy (non-hydrogen) atoms. The zero-order valence-corrected chi connectivity index (χ0v) is 19.7. The first kappa shape index (κ1) is 23.6. The molecule has 0 aliphatic heterocycles. The summed E-state index contributed by atoms with van der Waals surface area (Å²) in [5.41, 5.74) is 2.74. The lowest BCUT2D eigenvalue weighted by Crippen LogP contribution is -2.31. The molecule has 0 unspecified atom stereocenters. The maximum atomic E-state index is 13.5. The van der Waals surface area contributed by atoms with Crippen molar-refractivity contribution in [3.05, 3.63) is 106 Å². The number of anilines is 1. The van der Waals surface area contributed by atoms with E-state index in [1.54, 1.807) is 38.1 Å². The van der Waals surface area contributed by atoms with E-state index in [0.717, 1.165) is 5.56 Å². The average molecular weight is 468 g/mol. The summed E-state index contributed by atoms with van der Waals surface area (Å²) in [7, 11) is 1.52. The van der Waals surface area contributed by atoms with Crippen LogP contribution in [0.3, 0.4) is 0 Å². The molecule has 0 radical (unpaired) electrons. The molecular weight excluding hydrogens is 442 g/mol. The number of nitrogens with zero attached hydrogens (tertiary/aromatic N) is 2. The van der Waals surface area contributed by atoms with Gasteiger partial charge in [-0.2, -0.15) is 5.10 Å². The van der Waals surface area contributed by atoms with Crippen LogP contribution in [-0.4, -0.2) is 27.8 Å². The van der Waals surface area contributed by atoms with E-state index >= 15 is 0 Å². The van der Waals surface area contributed by atoms with Crippen molar-refractivity contribution >= 4 is 17.6 Å². The van der Waals surface area contributed by atoms with Crippen molar-refractivity contribution in [1.29, 1.82) is 0 Å². The van der Waals surface area contributed by atoms with E-state index in [9.17, 15) is 14.4 Å². The Morgan fingerprint density at radius 3 is 2.00 bits per heavy atom. The zero-order chi connectivity index (χ0) is 24.9. The molecule has 0 saturated heterocycles. The molecule has 0 atom stereocenters.